The highest BCUT2D eigenvalue weighted by Gasteiger charge is 2.34. The summed E-state index contributed by atoms with van der Waals surface area (Å²) in [7, 11) is 10.9. The number of rotatable bonds is 17. The third kappa shape index (κ3) is 11.2. The molecule has 2 N–H and O–H groups in total. The van der Waals surface area contributed by atoms with Crippen molar-refractivity contribution in [1.29, 1.82) is 0 Å². The van der Waals surface area contributed by atoms with E-state index in [4.69, 9.17) is 17.5 Å². The molecule has 0 unspecified atom stereocenters. The summed E-state index contributed by atoms with van der Waals surface area (Å²) < 4.78 is 35.9. The van der Waals surface area contributed by atoms with Gasteiger partial charge < -0.3 is 28.7 Å². The first kappa shape index (κ1) is 43.9. The van der Waals surface area contributed by atoms with Gasteiger partial charge in [0.25, 0.3) is 23.6 Å². The maximum atomic E-state index is 13.6. The van der Waals surface area contributed by atoms with Gasteiger partial charge in [0.1, 0.15) is 0 Å². The highest BCUT2D eigenvalue weighted by Crippen LogP contribution is 2.36. The highest BCUT2D eigenvalue weighted by atomic mass is 33.1. The van der Waals surface area contributed by atoms with Crippen LogP contribution in [0.1, 0.15) is 54.3 Å². The van der Waals surface area contributed by atoms with E-state index in [-0.39, 0.29) is 36.7 Å². The van der Waals surface area contributed by atoms with E-state index in [0.29, 0.717) is 44.5 Å². The number of hydrogen-bond donors (Lipinski definition) is 2. The lowest BCUT2D eigenvalue weighted by Gasteiger charge is -2.28. The van der Waals surface area contributed by atoms with E-state index in [0.717, 1.165) is 70.1 Å². The minimum atomic E-state index is -5.17. The van der Waals surface area contributed by atoms with Crippen LogP contribution in [0.4, 0.5) is 11.4 Å². The Labute approximate surface area is 342 Å². The lowest BCUT2D eigenvalue weighted by atomic mass is 9.93. The molecule has 4 aromatic carbocycles. The molecule has 4 amide bonds. The number of amides is 4. The molecule has 0 saturated carbocycles. The Morgan fingerprint density at radius 3 is 1.23 bits per heavy atom. The van der Waals surface area contributed by atoms with Gasteiger partial charge in [-0.1, -0.05) is 45.9 Å². The normalized spacial score (nSPS) is 14.3. The van der Waals surface area contributed by atoms with E-state index in [2.05, 4.69) is 52.9 Å². The van der Waals surface area contributed by atoms with Crippen molar-refractivity contribution in [3.63, 3.8) is 0 Å². The predicted octanol–water partition coefficient (Wildman–Crippen LogP) is 4.95. The van der Waals surface area contributed by atoms with Gasteiger partial charge >= 0.3 is 0 Å². The molecule has 2 aliphatic heterocycles. The van der Waals surface area contributed by atoms with E-state index in [1.165, 1.54) is 31.4 Å². The monoisotopic (exact) mass is 838 g/mol. The Balaban J connectivity index is 0.00000117. The van der Waals surface area contributed by atoms with Crippen LogP contribution in [-0.4, -0.2) is 153 Å². The first-order valence-electron chi connectivity index (χ1n) is 18.6. The number of carbonyl (C=O) groups is 4. The molecule has 306 valence electrons. The molecule has 0 saturated heterocycles. The predicted molar refractivity (Wildman–Crippen MR) is 226 cm³/mol. The maximum absolute atomic E-state index is 13.6. The first-order chi connectivity index (χ1) is 26.7. The Bertz CT molecular complexity index is 2090. The van der Waals surface area contributed by atoms with E-state index in [1.54, 1.807) is 12.1 Å². The molecular weight excluding hydrogens is 789 g/mol. The van der Waals surface area contributed by atoms with Crippen LogP contribution in [0.2, 0.25) is 0 Å². The van der Waals surface area contributed by atoms with Gasteiger partial charge in [0.15, 0.2) is 0 Å². The summed E-state index contributed by atoms with van der Waals surface area (Å²) in [6.45, 7) is 4.20. The van der Waals surface area contributed by atoms with Gasteiger partial charge in [-0.15, -0.1) is 0 Å². The first-order valence-corrected chi connectivity index (χ1v) is 22.4. The average molecular weight is 839 g/mol. The molecule has 0 radical (unpaired) electrons. The topological polar surface area (TPSA) is 179 Å². The molecule has 2 aliphatic rings. The fraction of sp³-hybridized carbons (Fsp3) is 0.400. The van der Waals surface area contributed by atoms with Crippen molar-refractivity contribution in [1.82, 2.24) is 9.80 Å². The summed E-state index contributed by atoms with van der Waals surface area (Å²) in [6, 6.07) is 18.8. The number of imide groups is 2. The Hall–Kier alpha value is -4.23. The van der Waals surface area contributed by atoms with Gasteiger partial charge in [-0.3, -0.25) is 37.4 Å². The van der Waals surface area contributed by atoms with Crippen molar-refractivity contribution < 1.29 is 45.7 Å². The van der Waals surface area contributed by atoms with Gasteiger partial charge in [-0.25, -0.2) is 0 Å². The molecular formula is C40H50N6O8S3. The summed E-state index contributed by atoms with van der Waals surface area (Å²) >= 11 is 0. The standard InChI is InChI=1S/C40H48N6O4S2.H2O4S/c1-45(2,3)23-9-19-41-33-17-15-31-35-27(33)11-7-13-29(35)37(47)43(39(31)49)21-25-51-52-26-22-44-38(48)30-14-8-12-28-34(42-20-10-24-46(4,5)6)18-16-32(36(28)30)40(44)50;1-5(2,3)4/h7-8,11-18H,9-10,19-26H2,1-6H3;(H2,1,2,3,4). The molecule has 57 heavy (non-hydrogen) atoms. The molecule has 17 heteroatoms. The molecule has 0 bridgehead atoms. The van der Waals surface area contributed by atoms with Crippen LogP contribution in [0.5, 0.6) is 0 Å². The molecule has 0 aromatic heterocycles. The Kier molecular flexibility index (Phi) is 14.0. The zero-order valence-corrected chi connectivity index (χ0v) is 35.6. The summed E-state index contributed by atoms with van der Waals surface area (Å²) in [4.78, 5) is 57.0. The average Bonchev–Trinajstić information content (AvgIpc) is 3.12. The maximum Gasteiger partial charge on any atom is 0.261 e. The summed E-state index contributed by atoms with van der Waals surface area (Å²) in [6.07, 6.45) is 2.00. The molecule has 6 rings (SSSR count). The largest absolute Gasteiger partial charge is 0.759 e. The lowest BCUT2D eigenvalue weighted by Crippen LogP contribution is -2.42. The third-order valence-corrected chi connectivity index (χ3v) is 11.9. The van der Waals surface area contributed by atoms with Gasteiger partial charge in [0, 0.05) is 116 Å². The van der Waals surface area contributed by atoms with E-state index < -0.39 is 10.4 Å². The van der Waals surface area contributed by atoms with Gasteiger partial charge in [0.05, 0.1) is 55.4 Å². The zero-order valence-electron chi connectivity index (χ0n) is 33.1. The molecule has 2 heterocycles. The highest BCUT2D eigenvalue weighted by molar-refractivity contribution is 8.76. The minimum Gasteiger partial charge on any atom is -0.759 e. The van der Waals surface area contributed by atoms with Crippen LogP contribution in [0, 0.1) is 0 Å². The van der Waals surface area contributed by atoms with Crippen molar-refractivity contribution in [2.75, 3.05) is 104 Å². The number of nitrogens with one attached hydrogen (secondary N) is 2. The SMILES string of the molecule is C[N+](C)(C)CCCNc1ccc2c3c(cccc13)C(=O)N(CCSSCCN1C(=O)c3cccc4c(NCCC[N+](C)(C)C)ccc(c34)C1=O)C2=O.O=S(=O)([O-])[O-]. The second-order valence-electron chi connectivity index (χ2n) is 15.9. The van der Waals surface area contributed by atoms with Crippen molar-refractivity contribution in [2.45, 2.75) is 12.8 Å². The smallest absolute Gasteiger partial charge is 0.261 e. The fourth-order valence-electron chi connectivity index (χ4n) is 6.93. The number of benzene rings is 4. The van der Waals surface area contributed by atoms with Gasteiger partial charge in [0.2, 0.25) is 0 Å². The van der Waals surface area contributed by atoms with Crippen molar-refractivity contribution in [3.05, 3.63) is 82.9 Å². The second-order valence-corrected chi connectivity index (χ2v) is 19.5. The Morgan fingerprint density at radius 1 is 0.561 bits per heavy atom. The van der Waals surface area contributed by atoms with Crippen LogP contribution in [0.3, 0.4) is 0 Å². The quantitative estimate of drug-likeness (QED) is 0.0366. The minimum absolute atomic E-state index is 0.263. The van der Waals surface area contributed by atoms with Crippen molar-refractivity contribution >= 4 is 88.5 Å². The van der Waals surface area contributed by atoms with Gasteiger partial charge in [-0.05, 0) is 36.4 Å². The number of hydrogen-bond acceptors (Lipinski definition) is 12. The number of carbonyl (C=O) groups excluding carboxylic acids is 4. The number of quaternary nitrogens is 2. The van der Waals surface area contributed by atoms with Crippen LogP contribution in [-0.2, 0) is 10.4 Å². The van der Waals surface area contributed by atoms with E-state index in [1.807, 2.05) is 48.5 Å². The molecule has 0 spiro atoms. The molecule has 4 aromatic rings. The third-order valence-electron chi connectivity index (χ3n) is 9.51. The van der Waals surface area contributed by atoms with Crippen molar-refractivity contribution in [3.8, 4) is 0 Å². The fourth-order valence-corrected chi connectivity index (χ4v) is 8.84. The number of nitrogens with zero attached hydrogens (tertiary/aromatic N) is 4. The molecule has 0 atom stereocenters. The van der Waals surface area contributed by atoms with E-state index >= 15 is 0 Å². The number of anilines is 2. The van der Waals surface area contributed by atoms with Crippen LogP contribution in [0.15, 0.2) is 60.7 Å². The van der Waals surface area contributed by atoms with Crippen LogP contribution in [0.25, 0.3) is 21.5 Å². The van der Waals surface area contributed by atoms with Crippen LogP contribution < -0.4 is 10.6 Å². The van der Waals surface area contributed by atoms with Crippen molar-refractivity contribution in [2.24, 2.45) is 0 Å². The van der Waals surface area contributed by atoms with Gasteiger partial charge in [-0.2, -0.15) is 0 Å². The summed E-state index contributed by atoms with van der Waals surface area (Å²) in [5, 5.41) is 10.2. The molecule has 0 fully saturated rings. The summed E-state index contributed by atoms with van der Waals surface area (Å²) in [5.41, 5.74) is 4.02. The Morgan fingerprint density at radius 2 is 0.895 bits per heavy atom. The molecule has 14 nitrogen and oxygen atoms in total. The summed E-state index contributed by atoms with van der Waals surface area (Å²) in [5.74, 6) is -0.0833. The lowest BCUT2D eigenvalue weighted by molar-refractivity contribution is -0.870. The molecule has 0 aliphatic carbocycles. The van der Waals surface area contributed by atoms with Crippen LogP contribution >= 0.6 is 21.6 Å². The zero-order chi connectivity index (χ0) is 41.7. The second kappa shape index (κ2) is 18.1. The van der Waals surface area contributed by atoms with E-state index in [9.17, 15) is 19.2 Å².